The summed E-state index contributed by atoms with van der Waals surface area (Å²) in [5.41, 5.74) is 2.52. The van der Waals surface area contributed by atoms with Crippen LogP contribution in [0.4, 0.5) is 5.69 Å². The number of amides is 1. The van der Waals surface area contributed by atoms with E-state index in [1.165, 1.54) is 25.0 Å². The molecule has 0 aliphatic carbocycles. The SMILES string of the molecule is CCCCCCCOc1c(Cl)cc(C(=O)Nc2c(C(=O)c3ccc(C)cc3)oc3ccccc23)cc1Cl. The molecule has 3 aromatic carbocycles. The Bertz CT molecular complexity index is 1390. The third-order valence-corrected chi connectivity index (χ3v) is 6.67. The number of ketones is 1. The van der Waals surface area contributed by atoms with E-state index in [0.29, 0.717) is 34.6 Å². The van der Waals surface area contributed by atoms with Gasteiger partial charge in [0.15, 0.2) is 11.5 Å². The molecule has 7 heteroatoms. The van der Waals surface area contributed by atoms with Crippen LogP contribution >= 0.6 is 23.2 Å². The molecule has 192 valence electrons. The maximum absolute atomic E-state index is 13.3. The van der Waals surface area contributed by atoms with Crippen molar-refractivity contribution >= 4 is 51.5 Å². The predicted molar refractivity (Wildman–Crippen MR) is 149 cm³/mol. The molecule has 0 unspecified atom stereocenters. The van der Waals surface area contributed by atoms with Crippen LogP contribution in [0.25, 0.3) is 11.0 Å². The van der Waals surface area contributed by atoms with Gasteiger partial charge in [0, 0.05) is 16.5 Å². The van der Waals surface area contributed by atoms with Crippen LogP contribution in [0, 0.1) is 6.92 Å². The number of nitrogens with one attached hydrogen (secondary N) is 1. The monoisotopic (exact) mass is 537 g/mol. The van der Waals surface area contributed by atoms with Gasteiger partial charge in [-0.05, 0) is 37.6 Å². The van der Waals surface area contributed by atoms with Crippen molar-refractivity contribution in [2.45, 2.75) is 46.0 Å². The first-order chi connectivity index (χ1) is 17.9. The van der Waals surface area contributed by atoms with Crippen molar-refractivity contribution in [1.82, 2.24) is 0 Å². The number of halogens is 2. The molecule has 4 rings (SSSR count). The Morgan fingerprint density at radius 2 is 1.57 bits per heavy atom. The molecule has 0 saturated heterocycles. The highest BCUT2D eigenvalue weighted by Gasteiger charge is 2.24. The highest BCUT2D eigenvalue weighted by atomic mass is 35.5. The van der Waals surface area contributed by atoms with Crippen molar-refractivity contribution in [3.05, 3.63) is 93.2 Å². The molecule has 1 heterocycles. The first-order valence-corrected chi connectivity index (χ1v) is 13.2. The maximum atomic E-state index is 13.3. The van der Waals surface area contributed by atoms with E-state index in [2.05, 4.69) is 12.2 Å². The van der Waals surface area contributed by atoms with Crippen LogP contribution in [0.15, 0.2) is 65.1 Å². The first-order valence-electron chi connectivity index (χ1n) is 12.4. The van der Waals surface area contributed by atoms with Crippen LogP contribution in [0.1, 0.15) is 71.1 Å². The lowest BCUT2D eigenvalue weighted by Crippen LogP contribution is -2.14. The summed E-state index contributed by atoms with van der Waals surface area (Å²) in [5.74, 6) is -0.386. The van der Waals surface area contributed by atoms with E-state index in [9.17, 15) is 9.59 Å². The van der Waals surface area contributed by atoms with E-state index in [1.807, 2.05) is 25.1 Å². The molecule has 1 amide bonds. The summed E-state index contributed by atoms with van der Waals surface area (Å²) < 4.78 is 11.7. The lowest BCUT2D eigenvalue weighted by Gasteiger charge is -2.12. The molecule has 37 heavy (non-hydrogen) atoms. The largest absolute Gasteiger partial charge is 0.490 e. The van der Waals surface area contributed by atoms with E-state index in [-0.39, 0.29) is 27.2 Å². The summed E-state index contributed by atoms with van der Waals surface area (Å²) in [5, 5.41) is 3.96. The molecule has 0 fully saturated rings. The van der Waals surface area contributed by atoms with E-state index in [0.717, 1.165) is 24.8 Å². The van der Waals surface area contributed by atoms with E-state index in [4.69, 9.17) is 32.4 Å². The van der Waals surface area contributed by atoms with Crippen LogP contribution in [0.2, 0.25) is 10.0 Å². The number of carbonyl (C=O) groups excluding carboxylic acids is 2. The number of unbranched alkanes of at least 4 members (excludes halogenated alkanes) is 4. The quantitative estimate of drug-likeness (QED) is 0.153. The third kappa shape index (κ3) is 6.35. The van der Waals surface area contributed by atoms with Gasteiger partial charge in [0.2, 0.25) is 5.78 Å². The summed E-state index contributed by atoms with van der Waals surface area (Å²) in [6.45, 7) is 4.62. The molecule has 0 bridgehead atoms. The average molecular weight is 538 g/mol. The number of aryl methyl sites for hydroxylation is 1. The van der Waals surface area contributed by atoms with Gasteiger partial charge in [-0.2, -0.15) is 0 Å². The van der Waals surface area contributed by atoms with Crippen LogP contribution < -0.4 is 10.1 Å². The summed E-state index contributed by atoms with van der Waals surface area (Å²) in [4.78, 5) is 26.6. The number of furan rings is 1. The summed E-state index contributed by atoms with van der Waals surface area (Å²) in [7, 11) is 0. The molecule has 0 aliphatic heterocycles. The minimum atomic E-state index is -0.473. The lowest BCUT2D eigenvalue weighted by molar-refractivity contribution is 0.101. The Morgan fingerprint density at radius 3 is 2.27 bits per heavy atom. The van der Waals surface area contributed by atoms with Gasteiger partial charge in [-0.25, -0.2) is 0 Å². The second kappa shape index (κ2) is 12.3. The Morgan fingerprint density at radius 1 is 0.892 bits per heavy atom. The fourth-order valence-electron chi connectivity index (χ4n) is 4.06. The zero-order valence-electron chi connectivity index (χ0n) is 20.9. The number of ether oxygens (including phenoxy) is 1. The Hall–Kier alpha value is -3.28. The standard InChI is InChI=1S/C30H29Cl2NO4/c1-3-4-5-6-9-16-36-28-23(31)17-21(18-24(28)32)30(35)33-26-22-10-7-8-11-25(22)37-29(26)27(34)20-14-12-19(2)13-15-20/h7-8,10-15,17-18H,3-6,9,16H2,1-2H3,(H,33,35). The Balaban J connectivity index is 1.56. The van der Waals surface area contributed by atoms with Crippen molar-refractivity contribution in [2.24, 2.45) is 0 Å². The number of anilines is 1. The highest BCUT2D eigenvalue weighted by Crippen LogP contribution is 2.36. The predicted octanol–water partition coefficient (Wildman–Crippen LogP) is 8.88. The normalized spacial score (nSPS) is 11.0. The van der Waals surface area contributed by atoms with Crippen LogP contribution in [-0.4, -0.2) is 18.3 Å². The van der Waals surface area contributed by atoms with Crippen LogP contribution in [-0.2, 0) is 0 Å². The highest BCUT2D eigenvalue weighted by molar-refractivity contribution is 6.38. The van der Waals surface area contributed by atoms with Crippen LogP contribution in [0.3, 0.4) is 0 Å². The molecule has 4 aromatic rings. The van der Waals surface area contributed by atoms with Gasteiger partial charge < -0.3 is 14.5 Å². The number of hydrogen-bond donors (Lipinski definition) is 1. The van der Waals surface area contributed by atoms with Gasteiger partial charge in [-0.15, -0.1) is 0 Å². The second-order valence-corrected chi connectivity index (χ2v) is 9.80. The zero-order valence-corrected chi connectivity index (χ0v) is 22.4. The van der Waals surface area contributed by atoms with E-state index < -0.39 is 5.91 Å². The van der Waals surface area contributed by atoms with Gasteiger partial charge in [0.1, 0.15) is 5.58 Å². The molecule has 1 N–H and O–H groups in total. The molecule has 5 nitrogen and oxygen atoms in total. The molecule has 0 aliphatic rings. The maximum Gasteiger partial charge on any atom is 0.255 e. The molecule has 0 radical (unpaired) electrons. The summed E-state index contributed by atoms with van der Waals surface area (Å²) >= 11 is 12.9. The second-order valence-electron chi connectivity index (χ2n) is 8.98. The third-order valence-electron chi connectivity index (χ3n) is 6.11. The van der Waals surface area contributed by atoms with Crippen molar-refractivity contribution < 1.29 is 18.7 Å². The average Bonchev–Trinajstić information content (AvgIpc) is 3.25. The fourth-order valence-corrected chi connectivity index (χ4v) is 4.66. The first kappa shape index (κ1) is 26.8. The van der Waals surface area contributed by atoms with Crippen molar-refractivity contribution in [3.8, 4) is 5.75 Å². The Labute approximate surface area is 226 Å². The molecule has 0 atom stereocenters. The van der Waals surface area contributed by atoms with Gasteiger partial charge in [0.25, 0.3) is 5.91 Å². The van der Waals surface area contributed by atoms with Crippen molar-refractivity contribution in [2.75, 3.05) is 11.9 Å². The summed E-state index contributed by atoms with van der Waals surface area (Å²) in [6.07, 6.45) is 5.53. The minimum absolute atomic E-state index is 0.0543. The topological polar surface area (TPSA) is 68.5 Å². The lowest BCUT2D eigenvalue weighted by atomic mass is 10.1. The summed E-state index contributed by atoms with van der Waals surface area (Å²) in [6, 6.07) is 17.4. The number of para-hydroxylation sites is 1. The number of carbonyl (C=O) groups is 2. The Kier molecular flexibility index (Phi) is 8.91. The number of benzene rings is 3. The number of fused-ring (bicyclic) bond motifs is 1. The van der Waals surface area contributed by atoms with Crippen molar-refractivity contribution in [3.63, 3.8) is 0 Å². The number of hydrogen-bond acceptors (Lipinski definition) is 4. The van der Waals surface area contributed by atoms with Gasteiger partial charge in [0.05, 0.1) is 22.3 Å². The smallest absolute Gasteiger partial charge is 0.255 e. The fraction of sp³-hybridized carbons (Fsp3) is 0.267. The minimum Gasteiger partial charge on any atom is -0.490 e. The van der Waals surface area contributed by atoms with Gasteiger partial charge in [-0.3, -0.25) is 9.59 Å². The van der Waals surface area contributed by atoms with Crippen LogP contribution in [0.5, 0.6) is 5.75 Å². The molecule has 0 spiro atoms. The molecule has 0 saturated carbocycles. The van der Waals surface area contributed by atoms with Gasteiger partial charge >= 0.3 is 0 Å². The van der Waals surface area contributed by atoms with Crippen molar-refractivity contribution in [1.29, 1.82) is 0 Å². The molecular formula is C30H29Cl2NO4. The molecular weight excluding hydrogens is 509 g/mol. The van der Waals surface area contributed by atoms with Gasteiger partial charge in [-0.1, -0.05) is 97.8 Å². The zero-order chi connectivity index (χ0) is 26.4. The van der Waals surface area contributed by atoms with E-state index in [1.54, 1.807) is 30.3 Å². The molecule has 1 aromatic heterocycles. The number of rotatable bonds is 11. The van der Waals surface area contributed by atoms with E-state index >= 15 is 0 Å².